The van der Waals surface area contributed by atoms with E-state index in [4.69, 9.17) is 11.0 Å². The van der Waals surface area contributed by atoms with Gasteiger partial charge in [-0.2, -0.15) is 5.26 Å². The molecule has 0 radical (unpaired) electrons. The first-order valence-corrected chi connectivity index (χ1v) is 5.36. The lowest BCUT2D eigenvalue weighted by Crippen LogP contribution is -1.91. The summed E-state index contributed by atoms with van der Waals surface area (Å²) in [5.74, 6) is 0. The van der Waals surface area contributed by atoms with E-state index >= 15 is 0 Å². The molecule has 0 amide bonds. The van der Waals surface area contributed by atoms with Crippen LogP contribution in [0.1, 0.15) is 5.56 Å². The predicted octanol–water partition coefficient (Wildman–Crippen LogP) is 2.08. The summed E-state index contributed by atoms with van der Waals surface area (Å²) in [6, 6.07) is 8.96. The highest BCUT2D eigenvalue weighted by molar-refractivity contribution is 7.99. The van der Waals surface area contributed by atoms with Crippen molar-refractivity contribution in [3.8, 4) is 6.07 Å². The molecule has 4 nitrogen and oxygen atoms in total. The maximum absolute atomic E-state index is 8.71. The standard InChI is InChI=1S/C11H8N4S/c12-7-8-2-3-10(9(13)6-8)16-11-14-4-1-5-15-11/h1-6H,13H2. The molecule has 0 bridgehead atoms. The highest BCUT2D eigenvalue weighted by atomic mass is 32.2. The van der Waals surface area contributed by atoms with Crippen LogP contribution in [0.25, 0.3) is 0 Å². The van der Waals surface area contributed by atoms with Gasteiger partial charge >= 0.3 is 0 Å². The van der Waals surface area contributed by atoms with E-state index in [1.165, 1.54) is 11.8 Å². The van der Waals surface area contributed by atoms with Crippen LogP contribution in [-0.2, 0) is 0 Å². The van der Waals surface area contributed by atoms with Crippen LogP contribution >= 0.6 is 11.8 Å². The highest BCUT2D eigenvalue weighted by Crippen LogP contribution is 2.29. The quantitative estimate of drug-likeness (QED) is 0.629. The van der Waals surface area contributed by atoms with Crippen LogP contribution in [-0.4, -0.2) is 9.97 Å². The third kappa shape index (κ3) is 2.30. The summed E-state index contributed by atoms with van der Waals surface area (Å²) in [5, 5.41) is 9.34. The molecule has 78 valence electrons. The minimum absolute atomic E-state index is 0.552. The molecule has 0 fully saturated rings. The first kappa shape index (κ1) is 10.5. The molecule has 0 saturated carbocycles. The SMILES string of the molecule is N#Cc1ccc(Sc2ncccn2)c(N)c1. The smallest absolute Gasteiger partial charge is 0.192 e. The Morgan fingerprint density at radius 3 is 2.62 bits per heavy atom. The van der Waals surface area contributed by atoms with Gasteiger partial charge in [0.25, 0.3) is 0 Å². The molecule has 5 heteroatoms. The lowest BCUT2D eigenvalue weighted by molar-refractivity contribution is 0.967. The number of benzene rings is 1. The molecule has 1 aromatic heterocycles. The zero-order valence-electron chi connectivity index (χ0n) is 8.29. The van der Waals surface area contributed by atoms with E-state index in [2.05, 4.69) is 9.97 Å². The number of nitrogens with zero attached hydrogens (tertiary/aromatic N) is 3. The van der Waals surface area contributed by atoms with E-state index in [1.807, 2.05) is 6.07 Å². The number of aromatic nitrogens is 2. The molecule has 2 N–H and O–H groups in total. The van der Waals surface area contributed by atoms with Gasteiger partial charge in [0.1, 0.15) is 0 Å². The Morgan fingerprint density at radius 2 is 2.00 bits per heavy atom. The van der Waals surface area contributed by atoms with Gasteiger partial charge in [0, 0.05) is 23.0 Å². The molecule has 0 unspecified atom stereocenters. The van der Waals surface area contributed by atoms with Crippen LogP contribution in [0.2, 0.25) is 0 Å². The van der Waals surface area contributed by atoms with E-state index in [0.717, 1.165) is 4.90 Å². The molecule has 1 heterocycles. The van der Waals surface area contributed by atoms with Crippen molar-refractivity contribution < 1.29 is 0 Å². The predicted molar refractivity (Wildman–Crippen MR) is 61.7 cm³/mol. The molecule has 0 atom stereocenters. The van der Waals surface area contributed by atoms with Crippen LogP contribution in [0.5, 0.6) is 0 Å². The van der Waals surface area contributed by atoms with Crippen molar-refractivity contribution in [2.75, 3.05) is 5.73 Å². The Hall–Kier alpha value is -2.06. The maximum Gasteiger partial charge on any atom is 0.192 e. The second-order valence-corrected chi connectivity index (χ2v) is 4.01. The Balaban J connectivity index is 2.27. The summed E-state index contributed by atoms with van der Waals surface area (Å²) in [6.07, 6.45) is 3.35. The summed E-state index contributed by atoms with van der Waals surface area (Å²) in [5.41, 5.74) is 6.94. The summed E-state index contributed by atoms with van der Waals surface area (Å²) < 4.78 is 0. The third-order valence-electron chi connectivity index (χ3n) is 1.88. The maximum atomic E-state index is 8.71. The van der Waals surface area contributed by atoms with Crippen LogP contribution in [0.4, 0.5) is 5.69 Å². The fourth-order valence-electron chi connectivity index (χ4n) is 1.15. The van der Waals surface area contributed by atoms with Gasteiger partial charge in [-0.3, -0.25) is 0 Å². The molecule has 0 aliphatic rings. The van der Waals surface area contributed by atoms with Gasteiger partial charge in [-0.1, -0.05) is 0 Å². The molecular weight excluding hydrogens is 220 g/mol. The zero-order valence-corrected chi connectivity index (χ0v) is 9.11. The monoisotopic (exact) mass is 228 g/mol. The largest absolute Gasteiger partial charge is 0.398 e. The topological polar surface area (TPSA) is 75.6 Å². The Bertz CT molecular complexity index is 533. The molecule has 2 aromatic rings. The van der Waals surface area contributed by atoms with E-state index in [1.54, 1.807) is 36.7 Å². The van der Waals surface area contributed by atoms with Crippen molar-refractivity contribution in [1.82, 2.24) is 9.97 Å². The van der Waals surface area contributed by atoms with Gasteiger partial charge in [-0.25, -0.2) is 9.97 Å². The summed E-state index contributed by atoms with van der Waals surface area (Å²) >= 11 is 1.38. The van der Waals surface area contributed by atoms with Crippen LogP contribution in [0, 0.1) is 11.3 Å². The lowest BCUT2D eigenvalue weighted by Gasteiger charge is -2.03. The highest BCUT2D eigenvalue weighted by Gasteiger charge is 2.04. The van der Waals surface area contributed by atoms with Gasteiger partial charge in [0.05, 0.1) is 11.6 Å². The number of nitrogens with two attached hydrogens (primary N) is 1. The van der Waals surface area contributed by atoms with Gasteiger partial charge in [-0.05, 0) is 36.0 Å². The molecule has 16 heavy (non-hydrogen) atoms. The van der Waals surface area contributed by atoms with Gasteiger partial charge in [0.15, 0.2) is 5.16 Å². The molecular formula is C11H8N4S. The van der Waals surface area contributed by atoms with Crippen molar-refractivity contribution >= 4 is 17.4 Å². The lowest BCUT2D eigenvalue weighted by atomic mass is 10.2. The minimum Gasteiger partial charge on any atom is -0.398 e. The minimum atomic E-state index is 0.552. The molecule has 0 aliphatic carbocycles. The van der Waals surface area contributed by atoms with Crippen molar-refractivity contribution in [2.24, 2.45) is 0 Å². The van der Waals surface area contributed by atoms with Crippen LogP contribution in [0.3, 0.4) is 0 Å². The average molecular weight is 228 g/mol. The van der Waals surface area contributed by atoms with Gasteiger partial charge in [0.2, 0.25) is 0 Å². The van der Waals surface area contributed by atoms with E-state index in [9.17, 15) is 0 Å². The zero-order chi connectivity index (χ0) is 11.4. The number of nitriles is 1. The second-order valence-electron chi connectivity index (χ2n) is 3.00. The van der Waals surface area contributed by atoms with Crippen molar-refractivity contribution in [3.05, 3.63) is 42.2 Å². The van der Waals surface area contributed by atoms with Crippen LogP contribution < -0.4 is 5.73 Å². The normalized spacial score (nSPS) is 9.69. The first-order valence-electron chi connectivity index (χ1n) is 4.54. The summed E-state index contributed by atoms with van der Waals surface area (Å²) in [4.78, 5) is 9.03. The number of hydrogen-bond donors (Lipinski definition) is 1. The molecule has 0 spiro atoms. The molecule has 0 saturated heterocycles. The molecule has 1 aromatic carbocycles. The third-order valence-corrected chi connectivity index (χ3v) is 2.87. The van der Waals surface area contributed by atoms with E-state index in [0.29, 0.717) is 16.4 Å². The molecule has 2 rings (SSSR count). The van der Waals surface area contributed by atoms with E-state index < -0.39 is 0 Å². The number of hydrogen-bond acceptors (Lipinski definition) is 5. The second kappa shape index (κ2) is 4.64. The Morgan fingerprint density at radius 1 is 1.25 bits per heavy atom. The van der Waals surface area contributed by atoms with Crippen molar-refractivity contribution in [2.45, 2.75) is 10.1 Å². The fourth-order valence-corrected chi connectivity index (χ4v) is 1.88. The van der Waals surface area contributed by atoms with Crippen LogP contribution in [0.15, 0.2) is 46.7 Å². The Kier molecular flexibility index (Phi) is 3.03. The fraction of sp³-hybridized carbons (Fsp3) is 0. The number of nitrogen functional groups attached to an aromatic ring is 1. The average Bonchev–Trinajstić information content (AvgIpc) is 2.33. The molecule has 0 aliphatic heterocycles. The number of rotatable bonds is 2. The van der Waals surface area contributed by atoms with E-state index in [-0.39, 0.29) is 0 Å². The summed E-state index contributed by atoms with van der Waals surface area (Å²) in [7, 11) is 0. The summed E-state index contributed by atoms with van der Waals surface area (Å²) in [6.45, 7) is 0. The first-order chi connectivity index (χ1) is 7.79. The van der Waals surface area contributed by atoms with Gasteiger partial charge in [-0.15, -0.1) is 0 Å². The Labute approximate surface area is 97.1 Å². The van der Waals surface area contributed by atoms with Crippen molar-refractivity contribution in [1.29, 1.82) is 5.26 Å². The van der Waals surface area contributed by atoms with Crippen molar-refractivity contribution in [3.63, 3.8) is 0 Å². The van der Waals surface area contributed by atoms with Gasteiger partial charge < -0.3 is 5.73 Å². The number of anilines is 1.